The summed E-state index contributed by atoms with van der Waals surface area (Å²) in [5.74, 6) is 0. The Balaban J connectivity index is 2.22. The molecule has 1 aliphatic rings. The fourth-order valence-corrected chi connectivity index (χ4v) is 3.18. The highest BCUT2D eigenvalue weighted by Crippen LogP contribution is 2.35. The summed E-state index contributed by atoms with van der Waals surface area (Å²) < 4.78 is 5.48. The Bertz CT molecular complexity index is 418. The van der Waals surface area contributed by atoms with Crippen LogP contribution in [0.1, 0.15) is 31.4 Å². The van der Waals surface area contributed by atoms with Crippen LogP contribution < -0.4 is 5.73 Å². The van der Waals surface area contributed by atoms with E-state index in [9.17, 15) is 0 Å². The van der Waals surface area contributed by atoms with Crippen molar-refractivity contribution in [3.63, 3.8) is 0 Å². The van der Waals surface area contributed by atoms with Crippen molar-refractivity contribution >= 4 is 11.6 Å². The zero-order valence-corrected chi connectivity index (χ0v) is 12.5. The number of hydrogen-bond donors (Lipinski definition) is 1. The number of hydrogen-bond acceptors (Lipinski definition) is 3. The molecule has 0 bridgehead atoms. The van der Waals surface area contributed by atoms with Crippen molar-refractivity contribution in [3.8, 4) is 0 Å². The van der Waals surface area contributed by atoms with E-state index in [1.165, 1.54) is 0 Å². The zero-order chi connectivity index (χ0) is 13.9. The van der Waals surface area contributed by atoms with E-state index in [4.69, 9.17) is 22.1 Å². The number of halogens is 1. The molecule has 0 radical (unpaired) electrons. The number of rotatable bonds is 4. The Morgan fingerprint density at radius 2 is 2.00 bits per heavy atom. The second-order valence-electron chi connectivity index (χ2n) is 5.35. The number of ether oxygens (including phenoxy) is 1. The maximum atomic E-state index is 6.31. The topological polar surface area (TPSA) is 38.5 Å². The molecule has 1 fully saturated rings. The molecule has 1 aromatic rings. The summed E-state index contributed by atoms with van der Waals surface area (Å²) in [5.41, 5.74) is 7.25. The third-order valence-electron chi connectivity index (χ3n) is 4.49. The van der Waals surface area contributed by atoms with Crippen LogP contribution in [0.4, 0.5) is 0 Å². The lowest BCUT2D eigenvalue weighted by Crippen LogP contribution is -2.55. The maximum Gasteiger partial charge on any atom is 0.0484 e. The van der Waals surface area contributed by atoms with E-state index in [0.717, 1.165) is 36.6 Å². The van der Waals surface area contributed by atoms with Crippen molar-refractivity contribution in [2.75, 3.05) is 26.8 Å². The van der Waals surface area contributed by atoms with E-state index >= 15 is 0 Å². The average Bonchev–Trinajstić information content (AvgIpc) is 2.47. The minimum atomic E-state index is 0.0246. The third-order valence-corrected chi connectivity index (χ3v) is 4.83. The quantitative estimate of drug-likeness (QED) is 0.923. The maximum absolute atomic E-state index is 6.31. The summed E-state index contributed by atoms with van der Waals surface area (Å²) >= 11 is 6.31. The summed E-state index contributed by atoms with van der Waals surface area (Å²) in [6.07, 6.45) is 1.96. The molecular formula is C15H23ClN2O. The van der Waals surface area contributed by atoms with E-state index in [0.29, 0.717) is 6.54 Å². The van der Waals surface area contributed by atoms with Gasteiger partial charge in [0, 0.05) is 36.4 Å². The van der Waals surface area contributed by atoms with Crippen LogP contribution in [0.15, 0.2) is 24.3 Å². The van der Waals surface area contributed by atoms with Crippen LogP contribution in [0, 0.1) is 0 Å². The highest BCUT2D eigenvalue weighted by atomic mass is 35.5. The first-order chi connectivity index (χ1) is 9.10. The van der Waals surface area contributed by atoms with E-state index in [-0.39, 0.29) is 11.6 Å². The van der Waals surface area contributed by atoms with Crippen LogP contribution in [0.3, 0.4) is 0 Å². The SMILES string of the molecule is CC(c1ccccc1Cl)N(C)C1(CN)CCOCC1. The Morgan fingerprint density at radius 1 is 1.37 bits per heavy atom. The van der Waals surface area contributed by atoms with Gasteiger partial charge in [-0.05, 0) is 38.4 Å². The molecule has 1 heterocycles. The van der Waals surface area contributed by atoms with E-state index in [1.54, 1.807) is 0 Å². The standard InChI is InChI=1S/C15H23ClN2O/c1-12(13-5-3-4-6-14(13)16)18(2)15(11-17)7-9-19-10-8-15/h3-6,12H,7-11,17H2,1-2H3. The molecule has 1 aliphatic heterocycles. The van der Waals surface area contributed by atoms with Gasteiger partial charge in [0.1, 0.15) is 0 Å². The fourth-order valence-electron chi connectivity index (χ4n) is 2.89. The van der Waals surface area contributed by atoms with Crippen LogP contribution >= 0.6 is 11.6 Å². The summed E-state index contributed by atoms with van der Waals surface area (Å²) in [6, 6.07) is 8.28. The van der Waals surface area contributed by atoms with Crippen LogP contribution in [-0.2, 0) is 4.74 Å². The minimum Gasteiger partial charge on any atom is -0.381 e. The van der Waals surface area contributed by atoms with Crippen LogP contribution in [0.2, 0.25) is 5.02 Å². The molecule has 1 unspecified atom stereocenters. The lowest BCUT2D eigenvalue weighted by molar-refractivity contribution is -0.0282. The third kappa shape index (κ3) is 2.95. The van der Waals surface area contributed by atoms with Crippen LogP contribution in [0.5, 0.6) is 0 Å². The molecule has 1 atom stereocenters. The number of nitrogens with zero attached hydrogens (tertiary/aromatic N) is 1. The van der Waals surface area contributed by atoms with Crippen molar-refractivity contribution in [2.45, 2.75) is 31.3 Å². The van der Waals surface area contributed by atoms with Gasteiger partial charge in [-0.1, -0.05) is 29.8 Å². The molecule has 0 spiro atoms. The highest BCUT2D eigenvalue weighted by molar-refractivity contribution is 6.31. The van der Waals surface area contributed by atoms with Gasteiger partial charge in [-0.25, -0.2) is 0 Å². The van der Waals surface area contributed by atoms with Gasteiger partial charge < -0.3 is 10.5 Å². The predicted molar refractivity (Wildman–Crippen MR) is 79.5 cm³/mol. The molecular weight excluding hydrogens is 260 g/mol. The van der Waals surface area contributed by atoms with Gasteiger partial charge in [-0.2, -0.15) is 0 Å². The van der Waals surface area contributed by atoms with Crippen molar-refractivity contribution in [2.24, 2.45) is 5.73 Å². The monoisotopic (exact) mass is 282 g/mol. The molecule has 0 amide bonds. The second-order valence-corrected chi connectivity index (χ2v) is 5.76. The first-order valence-electron chi connectivity index (χ1n) is 6.86. The Kier molecular flexibility index (Phi) is 4.85. The van der Waals surface area contributed by atoms with Gasteiger partial charge in [-0.3, -0.25) is 4.90 Å². The van der Waals surface area contributed by atoms with Crippen LogP contribution in [0.25, 0.3) is 0 Å². The van der Waals surface area contributed by atoms with E-state index in [2.05, 4.69) is 24.9 Å². The minimum absolute atomic E-state index is 0.0246. The fraction of sp³-hybridized carbons (Fsp3) is 0.600. The molecule has 1 aromatic carbocycles. The highest BCUT2D eigenvalue weighted by Gasteiger charge is 2.38. The largest absolute Gasteiger partial charge is 0.381 e. The number of benzene rings is 1. The van der Waals surface area contributed by atoms with Gasteiger partial charge in [0.25, 0.3) is 0 Å². The molecule has 0 aromatic heterocycles. The lowest BCUT2D eigenvalue weighted by atomic mass is 9.86. The van der Waals surface area contributed by atoms with Gasteiger partial charge in [0.05, 0.1) is 0 Å². The lowest BCUT2D eigenvalue weighted by Gasteiger charge is -2.47. The second kappa shape index (κ2) is 6.23. The summed E-state index contributed by atoms with van der Waals surface area (Å²) in [7, 11) is 2.15. The van der Waals surface area contributed by atoms with Gasteiger partial charge in [-0.15, -0.1) is 0 Å². The molecule has 1 saturated heterocycles. The number of nitrogens with two attached hydrogens (primary N) is 1. The molecule has 4 heteroatoms. The zero-order valence-electron chi connectivity index (χ0n) is 11.7. The van der Waals surface area contributed by atoms with Crippen molar-refractivity contribution in [1.82, 2.24) is 4.90 Å². The average molecular weight is 283 g/mol. The van der Waals surface area contributed by atoms with Crippen molar-refractivity contribution < 1.29 is 4.74 Å². The van der Waals surface area contributed by atoms with E-state index in [1.807, 2.05) is 18.2 Å². The van der Waals surface area contributed by atoms with Crippen molar-refractivity contribution in [3.05, 3.63) is 34.9 Å². The predicted octanol–water partition coefficient (Wildman–Crippen LogP) is 2.84. The first kappa shape index (κ1) is 14.8. The van der Waals surface area contributed by atoms with Crippen LogP contribution in [-0.4, -0.2) is 37.2 Å². The van der Waals surface area contributed by atoms with E-state index < -0.39 is 0 Å². The number of likely N-dealkylation sites (N-methyl/N-ethyl adjacent to an activating group) is 1. The normalized spacial score (nSPS) is 20.5. The summed E-state index contributed by atoms with van der Waals surface area (Å²) in [5, 5.41) is 0.820. The van der Waals surface area contributed by atoms with Crippen molar-refractivity contribution in [1.29, 1.82) is 0 Å². The summed E-state index contributed by atoms with van der Waals surface area (Å²) in [4.78, 5) is 2.37. The molecule has 19 heavy (non-hydrogen) atoms. The van der Waals surface area contributed by atoms with Gasteiger partial charge in [0.2, 0.25) is 0 Å². The summed E-state index contributed by atoms with van der Waals surface area (Å²) in [6.45, 7) is 4.42. The molecule has 2 rings (SSSR count). The van der Waals surface area contributed by atoms with Gasteiger partial charge in [0.15, 0.2) is 0 Å². The molecule has 0 saturated carbocycles. The molecule has 2 N–H and O–H groups in total. The molecule has 3 nitrogen and oxygen atoms in total. The van der Waals surface area contributed by atoms with Gasteiger partial charge >= 0.3 is 0 Å². The Morgan fingerprint density at radius 3 is 2.58 bits per heavy atom. The molecule has 0 aliphatic carbocycles. The Labute approximate surface area is 120 Å². The first-order valence-corrected chi connectivity index (χ1v) is 7.24. The molecule has 106 valence electrons. The smallest absolute Gasteiger partial charge is 0.0484 e. The Hall–Kier alpha value is -0.610.